The zero-order chi connectivity index (χ0) is 17.3. The van der Waals surface area contributed by atoms with Gasteiger partial charge in [0.25, 0.3) is 0 Å². The highest BCUT2D eigenvalue weighted by atomic mass is 32.2. The van der Waals surface area contributed by atoms with Gasteiger partial charge in [0.1, 0.15) is 5.56 Å². The number of aromatic nitrogens is 3. The van der Waals surface area contributed by atoms with Gasteiger partial charge in [-0.25, -0.2) is 22.9 Å². The Labute approximate surface area is 140 Å². The zero-order valence-electron chi connectivity index (χ0n) is 13.7. The van der Waals surface area contributed by atoms with Crippen LogP contribution in [0.4, 0.5) is 5.69 Å². The third-order valence-corrected chi connectivity index (χ3v) is 5.81. The number of hydrogen-bond acceptors (Lipinski definition) is 7. The summed E-state index contributed by atoms with van der Waals surface area (Å²) in [6.07, 6.45) is 3.61. The molecule has 1 N–H and O–H groups in total. The number of aryl methyl sites for hydroxylation is 1. The quantitative estimate of drug-likeness (QED) is 0.807. The Hall–Kier alpha value is -2.16. The first-order chi connectivity index (χ1) is 11.4. The predicted molar refractivity (Wildman–Crippen MR) is 89.8 cm³/mol. The van der Waals surface area contributed by atoms with Crippen molar-refractivity contribution in [3.8, 4) is 0 Å². The summed E-state index contributed by atoms with van der Waals surface area (Å²) in [7, 11) is -3.03. The van der Waals surface area contributed by atoms with Crippen molar-refractivity contribution in [3.05, 3.63) is 18.0 Å². The minimum atomic E-state index is -3.03. The van der Waals surface area contributed by atoms with Crippen LogP contribution in [0.2, 0.25) is 0 Å². The van der Waals surface area contributed by atoms with Gasteiger partial charge in [-0.3, -0.25) is 0 Å². The van der Waals surface area contributed by atoms with E-state index in [1.54, 1.807) is 17.8 Å². The lowest BCUT2D eigenvalue weighted by molar-refractivity contribution is 0.0527. The fraction of sp³-hybridized carbons (Fsp3) is 0.533. The van der Waals surface area contributed by atoms with Gasteiger partial charge in [0.15, 0.2) is 15.5 Å². The van der Waals surface area contributed by atoms with Crippen molar-refractivity contribution in [2.24, 2.45) is 0 Å². The molecule has 1 unspecified atom stereocenters. The number of nitrogens with one attached hydrogen (secondary N) is 1. The molecule has 8 nitrogen and oxygen atoms in total. The minimum absolute atomic E-state index is 0.0565. The van der Waals surface area contributed by atoms with Crippen LogP contribution in [0.1, 0.15) is 30.6 Å². The van der Waals surface area contributed by atoms with Gasteiger partial charge in [0.2, 0.25) is 0 Å². The van der Waals surface area contributed by atoms with Gasteiger partial charge in [-0.1, -0.05) is 0 Å². The molecule has 1 atom stereocenters. The predicted octanol–water partition coefficient (Wildman–Crippen LogP) is 1.23. The Morgan fingerprint density at radius 1 is 1.42 bits per heavy atom. The summed E-state index contributed by atoms with van der Waals surface area (Å²) in [6, 6.07) is -0.237. The number of ether oxygens (including phenoxy) is 1. The molecule has 0 saturated carbocycles. The molecule has 9 heteroatoms. The average Bonchev–Trinajstić information content (AvgIpc) is 3.10. The van der Waals surface area contributed by atoms with Crippen molar-refractivity contribution >= 4 is 32.5 Å². The van der Waals surface area contributed by atoms with E-state index in [1.165, 1.54) is 6.20 Å². The molecule has 24 heavy (non-hydrogen) atoms. The molecule has 0 bridgehead atoms. The SMILES string of the molecule is CCOC(=O)c1cnc2c(cnn2CC)c1NC1CCS(=O)(=O)C1. The van der Waals surface area contributed by atoms with E-state index < -0.39 is 15.8 Å². The molecular formula is C15H20N4O4S. The van der Waals surface area contributed by atoms with Crippen molar-refractivity contribution < 1.29 is 17.9 Å². The van der Waals surface area contributed by atoms with Crippen LogP contribution in [0.5, 0.6) is 0 Å². The second kappa shape index (κ2) is 6.39. The highest BCUT2D eigenvalue weighted by Crippen LogP contribution is 2.29. The normalized spacial score (nSPS) is 19.5. The molecule has 3 heterocycles. The summed E-state index contributed by atoms with van der Waals surface area (Å²) in [5.74, 6) is -0.275. The van der Waals surface area contributed by atoms with Crippen molar-refractivity contribution in [1.29, 1.82) is 0 Å². The summed E-state index contributed by atoms with van der Waals surface area (Å²) in [5, 5.41) is 8.17. The summed E-state index contributed by atoms with van der Waals surface area (Å²) in [4.78, 5) is 16.6. The van der Waals surface area contributed by atoms with Gasteiger partial charge in [-0.2, -0.15) is 5.10 Å². The molecule has 3 rings (SSSR count). The van der Waals surface area contributed by atoms with Gasteiger partial charge >= 0.3 is 5.97 Å². The molecule has 130 valence electrons. The van der Waals surface area contributed by atoms with Crippen LogP contribution in [0.25, 0.3) is 11.0 Å². The fourth-order valence-electron chi connectivity index (χ4n) is 2.89. The zero-order valence-corrected chi connectivity index (χ0v) is 14.5. The highest BCUT2D eigenvalue weighted by molar-refractivity contribution is 7.91. The van der Waals surface area contributed by atoms with E-state index in [9.17, 15) is 13.2 Å². The maximum absolute atomic E-state index is 12.2. The van der Waals surface area contributed by atoms with Crippen LogP contribution in [0.3, 0.4) is 0 Å². The second-order valence-electron chi connectivity index (χ2n) is 5.71. The number of rotatable bonds is 5. The van der Waals surface area contributed by atoms with Gasteiger partial charge in [-0.15, -0.1) is 0 Å². The van der Waals surface area contributed by atoms with Gasteiger partial charge in [0.05, 0.1) is 35.4 Å². The van der Waals surface area contributed by atoms with Crippen LogP contribution in [0, 0.1) is 0 Å². The monoisotopic (exact) mass is 352 g/mol. The number of fused-ring (bicyclic) bond motifs is 1. The van der Waals surface area contributed by atoms with Gasteiger partial charge < -0.3 is 10.1 Å². The average molecular weight is 352 g/mol. The molecule has 0 aromatic carbocycles. The molecule has 1 aliphatic rings. The van der Waals surface area contributed by atoms with Crippen molar-refractivity contribution in [2.45, 2.75) is 32.9 Å². The lowest BCUT2D eigenvalue weighted by Crippen LogP contribution is -2.23. The van der Waals surface area contributed by atoms with Crippen LogP contribution >= 0.6 is 0 Å². The Morgan fingerprint density at radius 2 is 2.21 bits per heavy atom. The molecule has 0 spiro atoms. The van der Waals surface area contributed by atoms with Crippen LogP contribution in [-0.4, -0.2) is 53.3 Å². The molecule has 1 fully saturated rings. The van der Waals surface area contributed by atoms with E-state index >= 15 is 0 Å². The maximum Gasteiger partial charge on any atom is 0.341 e. The van der Waals surface area contributed by atoms with Crippen molar-refractivity contribution in [1.82, 2.24) is 14.8 Å². The van der Waals surface area contributed by atoms with E-state index in [1.807, 2.05) is 6.92 Å². The number of carbonyl (C=O) groups is 1. The molecule has 1 saturated heterocycles. The van der Waals surface area contributed by atoms with E-state index in [0.29, 0.717) is 35.2 Å². The Balaban J connectivity index is 2.05. The van der Waals surface area contributed by atoms with Crippen LogP contribution in [-0.2, 0) is 21.1 Å². The fourth-order valence-corrected chi connectivity index (χ4v) is 4.56. The number of pyridine rings is 1. The largest absolute Gasteiger partial charge is 0.462 e. The Kier molecular flexibility index (Phi) is 4.44. The smallest absolute Gasteiger partial charge is 0.341 e. The lowest BCUT2D eigenvalue weighted by Gasteiger charge is -2.16. The molecule has 0 radical (unpaired) electrons. The number of nitrogens with zero attached hydrogens (tertiary/aromatic N) is 3. The standard InChI is InChI=1S/C15H20N4O4S/c1-3-19-14-11(8-17-19)13(12(7-16-14)15(20)23-4-2)18-10-5-6-24(21,22)9-10/h7-8,10H,3-6,9H2,1-2H3,(H,16,18). The second-order valence-corrected chi connectivity index (χ2v) is 7.94. The first kappa shape index (κ1) is 16.7. The third kappa shape index (κ3) is 3.08. The number of esters is 1. The maximum atomic E-state index is 12.2. The molecule has 2 aromatic rings. The highest BCUT2D eigenvalue weighted by Gasteiger charge is 2.30. The number of carbonyl (C=O) groups excluding carboxylic acids is 1. The first-order valence-corrected chi connectivity index (χ1v) is 9.76. The molecule has 0 aliphatic carbocycles. The topological polar surface area (TPSA) is 103 Å². The van der Waals surface area contributed by atoms with Crippen LogP contribution < -0.4 is 5.32 Å². The van der Waals surface area contributed by atoms with E-state index in [2.05, 4.69) is 15.4 Å². The Morgan fingerprint density at radius 3 is 2.83 bits per heavy atom. The summed E-state index contributed by atoms with van der Waals surface area (Å²) < 4.78 is 30.2. The minimum Gasteiger partial charge on any atom is -0.462 e. The van der Waals surface area contributed by atoms with E-state index in [4.69, 9.17) is 4.74 Å². The summed E-state index contributed by atoms with van der Waals surface area (Å²) >= 11 is 0. The molecule has 0 amide bonds. The number of sulfone groups is 1. The number of hydrogen-bond donors (Lipinski definition) is 1. The number of anilines is 1. The van der Waals surface area contributed by atoms with Crippen molar-refractivity contribution in [3.63, 3.8) is 0 Å². The first-order valence-electron chi connectivity index (χ1n) is 7.93. The molecule has 2 aromatic heterocycles. The summed E-state index contributed by atoms with van der Waals surface area (Å²) in [6.45, 7) is 4.58. The van der Waals surface area contributed by atoms with Gasteiger partial charge in [-0.05, 0) is 20.3 Å². The lowest BCUT2D eigenvalue weighted by atomic mass is 10.1. The molecule has 1 aliphatic heterocycles. The van der Waals surface area contributed by atoms with E-state index in [0.717, 1.165) is 0 Å². The van der Waals surface area contributed by atoms with Gasteiger partial charge in [0, 0.05) is 18.8 Å². The van der Waals surface area contributed by atoms with Crippen molar-refractivity contribution in [2.75, 3.05) is 23.4 Å². The third-order valence-electron chi connectivity index (χ3n) is 4.04. The Bertz CT molecular complexity index is 875. The van der Waals surface area contributed by atoms with Crippen LogP contribution in [0.15, 0.2) is 12.4 Å². The van der Waals surface area contributed by atoms with E-state index in [-0.39, 0.29) is 24.2 Å². The molecular weight excluding hydrogens is 332 g/mol. The summed E-state index contributed by atoms with van der Waals surface area (Å²) in [5.41, 5.74) is 1.48.